The minimum Gasteiger partial charge on any atom is -0.328 e. The summed E-state index contributed by atoms with van der Waals surface area (Å²) < 4.78 is 2.26. The predicted octanol–water partition coefficient (Wildman–Crippen LogP) is 4.28. The standard InChI is InChI=1S/C17H22ClN3/c18-15-8-6-14(7-9-15)17-11-20-12-21(17)16(10-19)13-4-2-1-3-5-13/h6-9,11-13,16H,1-5,10,19H2. The number of halogens is 1. The molecule has 1 fully saturated rings. The van der Waals surface area contributed by atoms with Crippen molar-refractivity contribution in [1.29, 1.82) is 0 Å². The van der Waals surface area contributed by atoms with Gasteiger partial charge < -0.3 is 10.3 Å². The van der Waals surface area contributed by atoms with Crippen LogP contribution in [-0.4, -0.2) is 16.1 Å². The van der Waals surface area contributed by atoms with Gasteiger partial charge in [0.05, 0.1) is 24.3 Å². The number of aromatic nitrogens is 2. The van der Waals surface area contributed by atoms with Crippen molar-refractivity contribution in [2.24, 2.45) is 11.7 Å². The van der Waals surface area contributed by atoms with Crippen molar-refractivity contribution in [1.82, 2.24) is 9.55 Å². The summed E-state index contributed by atoms with van der Waals surface area (Å²) in [6.07, 6.45) is 10.4. The molecule has 112 valence electrons. The van der Waals surface area contributed by atoms with E-state index in [2.05, 4.69) is 9.55 Å². The van der Waals surface area contributed by atoms with Crippen LogP contribution in [0.1, 0.15) is 38.1 Å². The minimum absolute atomic E-state index is 0.346. The lowest BCUT2D eigenvalue weighted by molar-refractivity contribution is 0.255. The average Bonchev–Trinajstić information content (AvgIpc) is 2.99. The number of nitrogens with two attached hydrogens (primary N) is 1. The lowest BCUT2D eigenvalue weighted by Crippen LogP contribution is -2.28. The van der Waals surface area contributed by atoms with Crippen LogP contribution in [0, 0.1) is 5.92 Å². The van der Waals surface area contributed by atoms with Gasteiger partial charge in [0.15, 0.2) is 0 Å². The number of rotatable bonds is 4. The maximum absolute atomic E-state index is 6.10. The van der Waals surface area contributed by atoms with Crippen molar-refractivity contribution in [2.45, 2.75) is 38.1 Å². The Morgan fingerprint density at radius 3 is 2.57 bits per heavy atom. The molecule has 0 saturated heterocycles. The van der Waals surface area contributed by atoms with E-state index in [-0.39, 0.29) is 0 Å². The minimum atomic E-state index is 0.346. The van der Waals surface area contributed by atoms with Gasteiger partial charge in [-0.25, -0.2) is 4.98 Å². The molecule has 0 amide bonds. The Morgan fingerprint density at radius 1 is 1.19 bits per heavy atom. The highest BCUT2D eigenvalue weighted by Crippen LogP contribution is 2.35. The fraction of sp³-hybridized carbons (Fsp3) is 0.471. The quantitative estimate of drug-likeness (QED) is 0.916. The molecule has 1 saturated carbocycles. The fourth-order valence-corrected chi connectivity index (χ4v) is 3.59. The van der Waals surface area contributed by atoms with Gasteiger partial charge in [-0.3, -0.25) is 0 Å². The summed E-state index contributed by atoms with van der Waals surface area (Å²) in [4.78, 5) is 4.36. The number of nitrogens with zero attached hydrogens (tertiary/aromatic N) is 2. The molecule has 0 aliphatic heterocycles. The maximum atomic E-state index is 6.10. The van der Waals surface area contributed by atoms with Gasteiger partial charge in [0, 0.05) is 11.6 Å². The lowest BCUT2D eigenvalue weighted by Gasteiger charge is -2.31. The van der Waals surface area contributed by atoms with Crippen molar-refractivity contribution in [2.75, 3.05) is 6.54 Å². The molecule has 1 atom stereocenters. The average molecular weight is 304 g/mol. The van der Waals surface area contributed by atoms with Crippen LogP contribution in [0.5, 0.6) is 0 Å². The van der Waals surface area contributed by atoms with Crippen LogP contribution < -0.4 is 5.73 Å². The number of imidazole rings is 1. The first kappa shape index (κ1) is 14.6. The Balaban J connectivity index is 1.91. The topological polar surface area (TPSA) is 43.8 Å². The van der Waals surface area contributed by atoms with E-state index < -0.39 is 0 Å². The summed E-state index contributed by atoms with van der Waals surface area (Å²) in [6.45, 7) is 0.668. The van der Waals surface area contributed by atoms with Crippen molar-refractivity contribution >= 4 is 11.6 Å². The highest BCUT2D eigenvalue weighted by atomic mass is 35.5. The molecule has 21 heavy (non-hydrogen) atoms. The normalized spacial score (nSPS) is 17.8. The first-order valence-corrected chi connectivity index (χ1v) is 8.15. The molecule has 0 radical (unpaired) electrons. The Morgan fingerprint density at radius 2 is 1.90 bits per heavy atom. The van der Waals surface area contributed by atoms with Crippen LogP contribution in [0.2, 0.25) is 5.02 Å². The van der Waals surface area contributed by atoms with E-state index >= 15 is 0 Å². The Bertz CT molecular complexity index is 570. The lowest BCUT2D eigenvalue weighted by atomic mass is 9.83. The van der Waals surface area contributed by atoms with Crippen LogP contribution in [0.15, 0.2) is 36.8 Å². The fourth-order valence-electron chi connectivity index (χ4n) is 3.47. The van der Waals surface area contributed by atoms with E-state index in [1.165, 1.54) is 32.1 Å². The van der Waals surface area contributed by atoms with Gasteiger partial charge in [-0.05, 0) is 36.5 Å². The molecule has 1 heterocycles. The molecule has 1 aliphatic carbocycles. The number of hydrogen-bond donors (Lipinski definition) is 1. The third kappa shape index (κ3) is 3.14. The van der Waals surface area contributed by atoms with Crippen molar-refractivity contribution in [3.8, 4) is 11.3 Å². The van der Waals surface area contributed by atoms with Crippen molar-refractivity contribution < 1.29 is 0 Å². The molecule has 2 N–H and O–H groups in total. The Labute approximate surface area is 131 Å². The molecule has 3 nitrogen and oxygen atoms in total. The monoisotopic (exact) mass is 303 g/mol. The number of hydrogen-bond acceptors (Lipinski definition) is 2. The zero-order valence-corrected chi connectivity index (χ0v) is 13.0. The smallest absolute Gasteiger partial charge is 0.0954 e. The predicted molar refractivity (Wildman–Crippen MR) is 87.3 cm³/mol. The summed E-state index contributed by atoms with van der Waals surface area (Å²) in [5.41, 5.74) is 8.37. The van der Waals surface area contributed by atoms with E-state index in [1.54, 1.807) is 0 Å². The van der Waals surface area contributed by atoms with Crippen LogP contribution in [-0.2, 0) is 0 Å². The number of benzene rings is 1. The van der Waals surface area contributed by atoms with Crippen molar-refractivity contribution in [3.05, 3.63) is 41.8 Å². The van der Waals surface area contributed by atoms with Gasteiger partial charge in [-0.15, -0.1) is 0 Å². The van der Waals surface area contributed by atoms with Gasteiger partial charge >= 0.3 is 0 Å². The first-order valence-electron chi connectivity index (χ1n) is 7.77. The summed E-state index contributed by atoms with van der Waals surface area (Å²) in [6, 6.07) is 8.28. The summed E-state index contributed by atoms with van der Waals surface area (Å²) >= 11 is 5.98. The maximum Gasteiger partial charge on any atom is 0.0954 e. The van der Waals surface area contributed by atoms with Crippen molar-refractivity contribution in [3.63, 3.8) is 0 Å². The van der Waals surface area contributed by atoms with Crippen LogP contribution in [0.3, 0.4) is 0 Å². The third-order valence-electron chi connectivity index (χ3n) is 4.60. The second kappa shape index (κ2) is 6.63. The van der Waals surface area contributed by atoms with Crippen LogP contribution >= 0.6 is 11.6 Å². The highest BCUT2D eigenvalue weighted by molar-refractivity contribution is 6.30. The molecule has 2 aromatic rings. The SMILES string of the molecule is NCC(C1CCCCC1)n1cncc1-c1ccc(Cl)cc1. The molecule has 1 unspecified atom stereocenters. The summed E-state index contributed by atoms with van der Waals surface area (Å²) in [5.74, 6) is 0.670. The molecule has 1 aromatic carbocycles. The second-order valence-electron chi connectivity index (χ2n) is 5.89. The van der Waals surface area contributed by atoms with Gasteiger partial charge in [0.25, 0.3) is 0 Å². The molecule has 3 rings (SSSR count). The van der Waals surface area contributed by atoms with Gasteiger partial charge in [0.2, 0.25) is 0 Å². The van der Waals surface area contributed by atoms with E-state index in [4.69, 9.17) is 17.3 Å². The summed E-state index contributed by atoms with van der Waals surface area (Å²) in [5, 5.41) is 0.757. The van der Waals surface area contributed by atoms with Crippen LogP contribution in [0.25, 0.3) is 11.3 Å². The molecule has 0 bridgehead atoms. The molecule has 1 aromatic heterocycles. The first-order chi connectivity index (χ1) is 10.3. The molecule has 4 heteroatoms. The third-order valence-corrected chi connectivity index (χ3v) is 4.85. The Kier molecular flexibility index (Phi) is 4.61. The molecule has 1 aliphatic rings. The van der Waals surface area contributed by atoms with E-state index in [0.717, 1.165) is 16.3 Å². The van der Waals surface area contributed by atoms with E-state index in [1.807, 2.05) is 36.8 Å². The largest absolute Gasteiger partial charge is 0.328 e. The van der Waals surface area contributed by atoms with Gasteiger partial charge in [0.1, 0.15) is 0 Å². The van der Waals surface area contributed by atoms with E-state index in [9.17, 15) is 0 Å². The zero-order valence-electron chi connectivity index (χ0n) is 12.2. The second-order valence-corrected chi connectivity index (χ2v) is 6.33. The molecular weight excluding hydrogens is 282 g/mol. The zero-order chi connectivity index (χ0) is 14.7. The summed E-state index contributed by atoms with van der Waals surface area (Å²) in [7, 11) is 0. The molecular formula is C17H22ClN3. The van der Waals surface area contributed by atoms with Gasteiger partial charge in [-0.1, -0.05) is 43.0 Å². The molecule has 0 spiro atoms. The Hall–Kier alpha value is -1.32. The van der Waals surface area contributed by atoms with Crippen LogP contribution in [0.4, 0.5) is 0 Å². The van der Waals surface area contributed by atoms with Gasteiger partial charge in [-0.2, -0.15) is 0 Å². The van der Waals surface area contributed by atoms with E-state index in [0.29, 0.717) is 18.5 Å². The highest BCUT2D eigenvalue weighted by Gasteiger charge is 2.25.